The summed E-state index contributed by atoms with van der Waals surface area (Å²) < 4.78 is 93.8. The zero-order valence-corrected chi connectivity index (χ0v) is 13.9. The van der Waals surface area contributed by atoms with Crippen LogP contribution in [0.2, 0.25) is 0 Å². The van der Waals surface area contributed by atoms with Crippen LogP contribution in [0.4, 0.5) is 30.7 Å². The highest BCUT2D eigenvalue weighted by atomic mass is 19.4. The maximum Gasteiger partial charge on any atom is 0.416 e. The summed E-state index contributed by atoms with van der Waals surface area (Å²) in [5.74, 6) is -1.24. The molecule has 2 aliphatic rings. The van der Waals surface area contributed by atoms with Gasteiger partial charge in [0.1, 0.15) is 5.82 Å². The zero-order valence-electron chi connectivity index (χ0n) is 13.9. The summed E-state index contributed by atoms with van der Waals surface area (Å²) in [6, 6.07) is -0.642. The van der Waals surface area contributed by atoms with Crippen LogP contribution in [0.15, 0.2) is 12.1 Å². The van der Waals surface area contributed by atoms with Crippen molar-refractivity contribution in [2.75, 3.05) is 26.2 Å². The van der Waals surface area contributed by atoms with Gasteiger partial charge in [0.15, 0.2) is 0 Å². The molecule has 1 atom stereocenters. The topological polar surface area (TPSA) is 15.3 Å². The molecule has 1 N–H and O–H groups in total. The Labute approximate surface area is 146 Å². The summed E-state index contributed by atoms with van der Waals surface area (Å²) >= 11 is 0. The summed E-state index contributed by atoms with van der Waals surface area (Å²) in [5.41, 5.74) is -3.79. The normalized spacial score (nSPS) is 21.0. The van der Waals surface area contributed by atoms with Crippen LogP contribution in [0.25, 0.3) is 0 Å². The fourth-order valence-corrected chi connectivity index (χ4v) is 3.47. The lowest BCUT2D eigenvalue weighted by molar-refractivity contribution is -0.144. The summed E-state index contributed by atoms with van der Waals surface area (Å²) in [5, 5.41) is 3.07. The summed E-state index contributed by atoms with van der Waals surface area (Å²) in [6.45, 7) is 1.94. The third-order valence-electron chi connectivity index (χ3n) is 4.94. The molecule has 0 bridgehead atoms. The second-order valence-corrected chi connectivity index (χ2v) is 6.90. The number of nitrogens with zero attached hydrogens (tertiary/aromatic N) is 1. The van der Waals surface area contributed by atoms with Crippen LogP contribution in [-0.2, 0) is 12.4 Å². The van der Waals surface area contributed by atoms with E-state index in [-0.39, 0.29) is 18.1 Å². The fraction of sp³-hybridized carbons (Fsp3) is 0.647. The minimum atomic E-state index is -5.06. The van der Waals surface area contributed by atoms with E-state index in [1.165, 1.54) is 0 Å². The summed E-state index contributed by atoms with van der Waals surface area (Å²) in [6.07, 6.45) is -8.07. The van der Waals surface area contributed by atoms with Gasteiger partial charge >= 0.3 is 12.4 Å². The van der Waals surface area contributed by atoms with Gasteiger partial charge in [-0.05, 0) is 24.5 Å². The van der Waals surface area contributed by atoms with E-state index in [0.29, 0.717) is 32.6 Å². The Morgan fingerprint density at radius 1 is 1.00 bits per heavy atom. The molecule has 3 rings (SSSR count). The fourth-order valence-electron chi connectivity index (χ4n) is 3.47. The van der Waals surface area contributed by atoms with E-state index >= 15 is 0 Å². The molecule has 2 nitrogen and oxygen atoms in total. The first-order valence-corrected chi connectivity index (χ1v) is 8.50. The number of rotatable bonds is 4. The SMILES string of the molecule is Fc1cc(C(F)(F)F)cc(C(F)(F)F)c1[C@H](CC1CC1)N1CCNCC1. The minimum absolute atomic E-state index is 0.0422. The van der Waals surface area contributed by atoms with Gasteiger partial charge in [-0.3, -0.25) is 4.90 Å². The summed E-state index contributed by atoms with van der Waals surface area (Å²) in [7, 11) is 0. The molecule has 0 unspecified atom stereocenters. The van der Waals surface area contributed by atoms with Gasteiger partial charge in [0.2, 0.25) is 0 Å². The Bertz CT molecular complexity index is 644. The molecule has 146 valence electrons. The molecule has 1 saturated carbocycles. The van der Waals surface area contributed by atoms with Crippen molar-refractivity contribution in [3.05, 3.63) is 34.6 Å². The number of piperazine rings is 1. The van der Waals surface area contributed by atoms with Crippen molar-refractivity contribution in [1.82, 2.24) is 10.2 Å². The second-order valence-electron chi connectivity index (χ2n) is 6.90. The molecule has 0 amide bonds. The Hall–Kier alpha value is -1.35. The molecule has 0 radical (unpaired) electrons. The first-order valence-electron chi connectivity index (χ1n) is 8.50. The van der Waals surface area contributed by atoms with E-state index in [4.69, 9.17) is 0 Å². The highest BCUT2D eigenvalue weighted by Crippen LogP contribution is 2.46. The number of hydrogen-bond donors (Lipinski definition) is 1. The average Bonchev–Trinajstić information content (AvgIpc) is 3.35. The van der Waals surface area contributed by atoms with Crippen molar-refractivity contribution in [3.63, 3.8) is 0 Å². The third kappa shape index (κ3) is 4.31. The Morgan fingerprint density at radius 3 is 2.12 bits per heavy atom. The van der Waals surface area contributed by atoms with Crippen LogP contribution in [0, 0.1) is 11.7 Å². The van der Waals surface area contributed by atoms with Crippen LogP contribution in [0.3, 0.4) is 0 Å². The van der Waals surface area contributed by atoms with E-state index in [1.807, 2.05) is 0 Å². The Kier molecular flexibility index (Phi) is 5.22. The predicted octanol–water partition coefficient (Wildman–Crippen LogP) is 4.61. The van der Waals surface area contributed by atoms with Gasteiger partial charge in [-0.2, -0.15) is 26.3 Å². The lowest BCUT2D eigenvalue weighted by Crippen LogP contribution is -2.45. The van der Waals surface area contributed by atoms with Crippen molar-refractivity contribution in [1.29, 1.82) is 0 Å². The van der Waals surface area contributed by atoms with Crippen molar-refractivity contribution in [2.45, 2.75) is 37.7 Å². The minimum Gasteiger partial charge on any atom is -0.314 e. The molecule has 1 aromatic rings. The maximum atomic E-state index is 14.6. The highest BCUT2D eigenvalue weighted by Gasteiger charge is 2.43. The number of alkyl halides is 6. The zero-order chi connectivity index (χ0) is 19.1. The molecular weight excluding hydrogens is 365 g/mol. The van der Waals surface area contributed by atoms with Crippen molar-refractivity contribution in [2.24, 2.45) is 5.92 Å². The van der Waals surface area contributed by atoms with Crippen LogP contribution < -0.4 is 5.32 Å². The van der Waals surface area contributed by atoms with Crippen molar-refractivity contribution >= 4 is 0 Å². The van der Waals surface area contributed by atoms with E-state index < -0.39 is 40.9 Å². The predicted molar refractivity (Wildman–Crippen MR) is 80.9 cm³/mol. The van der Waals surface area contributed by atoms with Crippen LogP contribution in [0.5, 0.6) is 0 Å². The van der Waals surface area contributed by atoms with Gasteiger partial charge < -0.3 is 5.32 Å². The lowest BCUT2D eigenvalue weighted by atomic mass is 9.91. The summed E-state index contributed by atoms with van der Waals surface area (Å²) in [4.78, 5) is 1.75. The lowest BCUT2D eigenvalue weighted by Gasteiger charge is -2.37. The van der Waals surface area contributed by atoms with Gasteiger partial charge in [-0.1, -0.05) is 12.8 Å². The molecule has 1 saturated heterocycles. The maximum absolute atomic E-state index is 14.6. The van der Waals surface area contributed by atoms with Gasteiger partial charge in [0.05, 0.1) is 11.1 Å². The van der Waals surface area contributed by atoms with Crippen LogP contribution >= 0.6 is 0 Å². The molecule has 2 fully saturated rings. The van der Waals surface area contributed by atoms with E-state index in [9.17, 15) is 30.7 Å². The quantitative estimate of drug-likeness (QED) is 0.763. The standard InChI is InChI=1S/C17H19F7N2/c18-13-9-11(16(19,20)21)8-12(17(22,23)24)15(13)14(7-10-1-2-10)26-5-3-25-4-6-26/h8-10,14,25H,1-7H2/t14-/m0/s1. The third-order valence-corrected chi connectivity index (χ3v) is 4.94. The molecular formula is C17H19F7N2. The van der Waals surface area contributed by atoms with Crippen LogP contribution in [-0.4, -0.2) is 31.1 Å². The molecule has 1 aliphatic carbocycles. The number of nitrogens with one attached hydrogen (secondary N) is 1. The molecule has 9 heteroatoms. The molecule has 26 heavy (non-hydrogen) atoms. The first kappa shape index (κ1) is 19.4. The van der Waals surface area contributed by atoms with Gasteiger partial charge in [0, 0.05) is 37.8 Å². The molecule has 1 heterocycles. The van der Waals surface area contributed by atoms with Crippen molar-refractivity contribution < 1.29 is 30.7 Å². The Morgan fingerprint density at radius 2 is 1.62 bits per heavy atom. The van der Waals surface area contributed by atoms with E-state index in [0.717, 1.165) is 12.8 Å². The largest absolute Gasteiger partial charge is 0.416 e. The van der Waals surface area contributed by atoms with Crippen LogP contribution in [0.1, 0.15) is 42.0 Å². The van der Waals surface area contributed by atoms with Crippen molar-refractivity contribution in [3.8, 4) is 0 Å². The number of hydrogen-bond acceptors (Lipinski definition) is 2. The molecule has 0 spiro atoms. The smallest absolute Gasteiger partial charge is 0.314 e. The van der Waals surface area contributed by atoms with E-state index in [2.05, 4.69) is 5.32 Å². The molecule has 1 aliphatic heterocycles. The highest BCUT2D eigenvalue weighted by molar-refractivity contribution is 5.39. The Balaban J connectivity index is 2.09. The van der Waals surface area contributed by atoms with Gasteiger partial charge in [-0.25, -0.2) is 4.39 Å². The monoisotopic (exact) mass is 384 g/mol. The number of benzene rings is 1. The average molecular weight is 384 g/mol. The van der Waals surface area contributed by atoms with Gasteiger partial charge in [0.25, 0.3) is 0 Å². The number of halogens is 7. The van der Waals surface area contributed by atoms with E-state index in [1.54, 1.807) is 4.90 Å². The second kappa shape index (κ2) is 6.99. The first-order chi connectivity index (χ1) is 12.1. The van der Waals surface area contributed by atoms with Gasteiger partial charge in [-0.15, -0.1) is 0 Å². The molecule has 1 aromatic carbocycles. The molecule has 0 aromatic heterocycles.